The highest BCUT2D eigenvalue weighted by Crippen LogP contribution is 2.51. The number of aliphatic hydroxyl groups excluding tert-OH is 1. The van der Waals surface area contributed by atoms with Gasteiger partial charge in [-0.25, -0.2) is 0 Å². The number of furan rings is 1. The molecule has 1 aromatic carbocycles. The summed E-state index contributed by atoms with van der Waals surface area (Å²) in [6.07, 6.45) is 7.60. The molecular weight excluding hydrogens is 555 g/mol. The van der Waals surface area contributed by atoms with E-state index in [1.807, 2.05) is 18.2 Å². The largest absolute Gasteiger partial charge is 0.459 e. The molecule has 2 aromatic rings. The molecule has 4 atom stereocenters. The Morgan fingerprint density at radius 2 is 1.82 bits per heavy atom. The van der Waals surface area contributed by atoms with E-state index in [1.165, 1.54) is 11.1 Å². The maximum absolute atomic E-state index is 14.1. The van der Waals surface area contributed by atoms with Gasteiger partial charge in [0.05, 0.1) is 17.9 Å². The summed E-state index contributed by atoms with van der Waals surface area (Å²) in [6, 6.07) is 14.0. The van der Waals surface area contributed by atoms with Crippen LogP contribution in [-0.4, -0.2) is 64.1 Å². The summed E-state index contributed by atoms with van der Waals surface area (Å²) in [5, 5.41) is 20.2. The van der Waals surface area contributed by atoms with Gasteiger partial charge in [0.25, 0.3) is 0 Å². The first kappa shape index (κ1) is 31.0. The third-order valence-electron chi connectivity index (χ3n) is 10.1. The van der Waals surface area contributed by atoms with Gasteiger partial charge in [0, 0.05) is 25.7 Å². The van der Waals surface area contributed by atoms with Crippen molar-refractivity contribution in [3.8, 4) is 0 Å². The smallest absolute Gasteiger partial charge is 0.455 e. The Hall–Kier alpha value is -2.98. The molecule has 4 heterocycles. The van der Waals surface area contributed by atoms with Gasteiger partial charge in [0.15, 0.2) is 0 Å². The van der Waals surface area contributed by atoms with Crippen LogP contribution in [0.4, 0.5) is 0 Å². The predicted molar refractivity (Wildman–Crippen MR) is 169 cm³/mol. The maximum atomic E-state index is 14.1. The van der Waals surface area contributed by atoms with Gasteiger partial charge in [-0.1, -0.05) is 54.8 Å². The lowest BCUT2D eigenvalue weighted by molar-refractivity contribution is -0.144. The van der Waals surface area contributed by atoms with Crippen LogP contribution in [-0.2, 0) is 27.4 Å². The second-order valence-electron chi connectivity index (χ2n) is 13.1. The van der Waals surface area contributed by atoms with Crippen LogP contribution in [0, 0.1) is 17.8 Å². The molecule has 0 unspecified atom stereocenters. The monoisotopic (exact) mass is 600 g/mol. The maximum Gasteiger partial charge on any atom is 0.455 e. The van der Waals surface area contributed by atoms with Crippen molar-refractivity contribution < 1.29 is 28.8 Å². The van der Waals surface area contributed by atoms with Crippen LogP contribution in [0.25, 0.3) is 6.08 Å². The highest BCUT2D eigenvalue weighted by atomic mass is 16.5. The number of nitrogens with zero attached hydrogens (tertiary/aromatic N) is 2. The van der Waals surface area contributed by atoms with Crippen molar-refractivity contribution in [2.45, 2.75) is 90.4 Å². The van der Waals surface area contributed by atoms with Crippen molar-refractivity contribution in [3.05, 3.63) is 76.3 Å². The van der Waals surface area contributed by atoms with Crippen LogP contribution in [0.5, 0.6) is 0 Å². The van der Waals surface area contributed by atoms with Crippen molar-refractivity contribution in [3.63, 3.8) is 0 Å². The van der Waals surface area contributed by atoms with Crippen LogP contribution in [0.3, 0.4) is 0 Å². The lowest BCUT2D eigenvalue weighted by atomic mass is 9.58. The summed E-state index contributed by atoms with van der Waals surface area (Å²) in [7, 11) is -0.964. The molecule has 1 aromatic heterocycles. The van der Waals surface area contributed by atoms with Crippen LogP contribution in [0.2, 0.25) is 6.32 Å². The van der Waals surface area contributed by atoms with E-state index in [0.29, 0.717) is 24.9 Å². The zero-order valence-corrected chi connectivity index (χ0v) is 26.0. The van der Waals surface area contributed by atoms with E-state index in [2.05, 4.69) is 43.0 Å². The lowest BCUT2D eigenvalue weighted by Gasteiger charge is -2.42. The molecular formula is C35H45BN2O6. The fraction of sp³-hybridized carbons (Fsp3) is 0.543. The third kappa shape index (κ3) is 6.38. The van der Waals surface area contributed by atoms with Gasteiger partial charge in [-0.3, -0.25) is 19.4 Å². The number of rotatable bonds is 10. The zero-order chi connectivity index (χ0) is 30.8. The number of hydrogen-bond donors (Lipinski definition) is 2. The van der Waals surface area contributed by atoms with E-state index >= 15 is 0 Å². The second-order valence-corrected chi connectivity index (χ2v) is 13.1. The first-order valence-electron chi connectivity index (χ1n) is 16.4. The van der Waals surface area contributed by atoms with E-state index in [4.69, 9.17) is 9.07 Å². The summed E-state index contributed by atoms with van der Waals surface area (Å²) >= 11 is 0. The topological polar surface area (TPSA) is 103 Å². The van der Waals surface area contributed by atoms with Crippen molar-refractivity contribution in [2.75, 3.05) is 13.1 Å². The lowest BCUT2D eigenvalue weighted by Crippen LogP contribution is -2.48. The summed E-state index contributed by atoms with van der Waals surface area (Å²) in [5.41, 5.74) is 4.75. The van der Waals surface area contributed by atoms with Crippen LogP contribution >= 0.6 is 0 Å². The number of likely N-dealkylation sites (tertiary alicyclic amines) is 2. The number of imide groups is 1. The summed E-state index contributed by atoms with van der Waals surface area (Å²) in [4.78, 5) is 31.9. The molecule has 2 amide bonds. The Morgan fingerprint density at radius 1 is 1.05 bits per heavy atom. The fourth-order valence-corrected chi connectivity index (χ4v) is 8.15. The Bertz CT molecular complexity index is 1390. The minimum absolute atomic E-state index is 0.0219. The molecule has 3 aliphatic heterocycles. The van der Waals surface area contributed by atoms with Gasteiger partial charge < -0.3 is 19.2 Å². The quantitative estimate of drug-likeness (QED) is 0.219. The number of allylic oxidation sites excluding steroid dienone is 2. The van der Waals surface area contributed by atoms with Crippen molar-refractivity contribution >= 4 is 25.0 Å². The van der Waals surface area contributed by atoms with E-state index < -0.39 is 13.0 Å². The minimum atomic E-state index is -0.964. The van der Waals surface area contributed by atoms with E-state index in [1.54, 1.807) is 11.0 Å². The number of fused-ring (bicyclic) bond motifs is 3. The molecule has 234 valence electrons. The molecule has 3 fully saturated rings. The zero-order valence-electron chi connectivity index (χ0n) is 26.0. The molecule has 8 nitrogen and oxygen atoms in total. The number of amides is 2. The van der Waals surface area contributed by atoms with E-state index in [0.717, 1.165) is 68.6 Å². The normalized spacial score (nSPS) is 26.9. The van der Waals surface area contributed by atoms with Crippen molar-refractivity contribution in [1.29, 1.82) is 0 Å². The van der Waals surface area contributed by atoms with E-state index in [9.17, 15) is 19.7 Å². The number of piperidine rings is 1. The van der Waals surface area contributed by atoms with Gasteiger partial charge in [-0.2, -0.15) is 0 Å². The molecule has 0 saturated carbocycles. The standard InChI is InChI=1S/C35H45BN2O6/c1-3-7-24(19-27-11-12-28(22-39)43-27)10-13-31-32-23(2)18-29-33(30(32)20-36(42)44-31)35(41)38(34(29)40)26-14-16-37(17-15-26)21-25-8-5-4-6-9-25/h4-6,8-9,11-12,19,26,29-31,33,39,42H,3,7,10,13-18,20-22H2,1-2H3/b24-19+/t29-,30+,31-,33-/m1/s1. The minimum Gasteiger partial charge on any atom is -0.459 e. The van der Waals surface area contributed by atoms with E-state index in [-0.39, 0.29) is 42.4 Å². The molecule has 0 radical (unpaired) electrons. The first-order valence-corrected chi connectivity index (χ1v) is 16.4. The highest BCUT2D eigenvalue weighted by molar-refractivity contribution is 6.43. The fourth-order valence-electron chi connectivity index (χ4n) is 8.15. The first-order chi connectivity index (χ1) is 21.4. The number of carbonyl (C=O) groups is 2. The van der Waals surface area contributed by atoms with Gasteiger partial charge in [-0.15, -0.1) is 0 Å². The predicted octanol–water partition coefficient (Wildman–Crippen LogP) is 5.22. The summed E-state index contributed by atoms with van der Waals surface area (Å²) in [5.74, 6) is 0.235. The van der Waals surface area contributed by atoms with Crippen molar-refractivity contribution in [2.24, 2.45) is 17.8 Å². The summed E-state index contributed by atoms with van der Waals surface area (Å²) in [6.45, 7) is 6.69. The average molecular weight is 601 g/mol. The second kappa shape index (κ2) is 13.6. The van der Waals surface area contributed by atoms with Crippen LogP contribution < -0.4 is 0 Å². The molecule has 6 rings (SSSR count). The number of carbonyl (C=O) groups excluding carboxylic acids is 2. The highest BCUT2D eigenvalue weighted by Gasteiger charge is 2.58. The molecule has 0 spiro atoms. The molecule has 3 saturated heterocycles. The van der Waals surface area contributed by atoms with Gasteiger partial charge in [-0.05, 0) is 87.0 Å². The molecule has 4 aliphatic rings. The molecule has 2 N–H and O–H groups in total. The number of aliphatic hydroxyl groups is 1. The van der Waals surface area contributed by atoms with Gasteiger partial charge in [0.1, 0.15) is 18.1 Å². The third-order valence-corrected chi connectivity index (χ3v) is 10.1. The number of hydrogen-bond acceptors (Lipinski definition) is 7. The van der Waals surface area contributed by atoms with Crippen molar-refractivity contribution in [1.82, 2.24) is 9.80 Å². The molecule has 0 bridgehead atoms. The Kier molecular flexibility index (Phi) is 9.57. The molecule has 9 heteroatoms. The molecule has 44 heavy (non-hydrogen) atoms. The van der Waals surface area contributed by atoms with Gasteiger partial charge >= 0.3 is 7.12 Å². The SMILES string of the molecule is CCC/C(=C\c1ccc(CO)o1)CC[C@H]1OB(O)C[C@H]2C1=C(C)C[C@H]1C(=O)N(C3CCN(Cc4ccccc4)CC3)C(=O)[C@H]12. The van der Waals surface area contributed by atoms with Crippen LogP contribution in [0.15, 0.2) is 63.6 Å². The average Bonchev–Trinajstić information content (AvgIpc) is 3.58. The van der Waals surface area contributed by atoms with Gasteiger partial charge in [0.2, 0.25) is 11.8 Å². The number of benzene rings is 1. The molecule has 1 aliphatic carbocycles. The Labute approximate surface area is 260 Å². The summed E-state index contributed by atoms with van der Waals surface area (Å²) < 4.78 is 11.8. The van der Waals surface area contributed by atoms with Crippen LogP contribution in [0.1, 0.15) is 75.9 Å². The Balaban J connectivity index is 1.14. The Morgan fingerprint density at radius 3 is 2.52 bits per heavy atom.